The first-order valence-corrected chi connectivity index (χ1v) is 10.8. The van der Waals surface area contributed by atoms with Crippen LogP contribution in [-0.4, -0.2) is 65.9 Å². The summed E-state index contributed by atoms with van der Waals surface area (Å²) in [5, 5.41) is 3.51. The molecule has 1 amide bonds. The van der Waals surface area contributed by atoms with E-state index in [2.05, 4.69) is 32.4 Å². The fourth-order valence-electron chi connectivity index (χ4n) is 3.73. The maximum Gasteiger partial charge on any atom is 0.243 e. The summed E-state index contributed by atoms with van der Waals surface area (Å²) in [5.74, 6) is 2.27. The lowest BCUT2D eigenvalue weighted by Gasteiger charge is -2.26. The number of aliphatic imine (C=N–C) groups is 1. The van der Waals surface area contributed by atoms with E-state index in [-0.39, 0.29) is 12.5 Å². The van der Waals surface area contributed by atoms with Crippen LogP contribution in [0.4, 0.5) is 0 Å². The molecule has 0 radical (unpaired) electrons. The van der Waals surface area contributed by atoms with E-state index in [4.69, 9.17) is 0 Å². The molecule has 3 rings (SSSR count). The van der Waals surface area contributed by atoms with Crippen LogP contribution in [0.3, 0.4) is 0 Å². The van der Waals surface area contributed by atoms with Crippen LogP contribution in [0.5, 0.6) is 0 Å². The summed E-state index contributed by atoms with van der Waals surface area (Å²) >= 11 is 0. The van der Waals surface area contributed by atoms with Gasteiger partial charge in [0.25, 0.3) is 0 Å². The van der Waals surface area contributed by atoms with Crippen LogP contribution in [0.15, 0.2) is 41.5 Å². The number of carbonyl (C=O) groups is 1. The molecule has 0 aliphatic heterocycles. The summed E-state index contributed by atoms with van der Waals surface area (Å²) in [5.41, 5.74) is 2.11. The number of amides is 1. The second-order valence-electron chi connectivity index (χ2n) is 8.28. The molecule has 1 fully saturated rings. The lowest BCUT2D eigenvalue weighted by molar-refractivity contribution is -0.127. The van der Waals surface area contributed by atoms with Gasteiger partial charge < -0.3 is 20.1 Å². The number of likely N-dealkylation sites (N-methyl/N-ethyl adjacent to an activating group) is 1. The van der Waals surface area contributed by atoms with Crippen molar-refractivity contribution in [3.8, 4) is 11.3 Å². The molecule has 0 bridgehead atoms. The smallest absolute Gasteiger partial charge is 0.243 e. The molecule has 0 saturated heterocycles. The van der Waals surface area contributed by atoms with E-state index < -0.39 is 0 Å². The minimum absolute atomic E-state index is 0.00951. The number of imidazole rings is 1. The maximum atomic E-state index is 12.0. The highest BCUT2D eigenvalue weighted by Crippen LogP contribution is 2.23. The van der Waals surface area contributed by atoms with Gasteiger partial charge in [-0.3, -0.25) is 4.79 Å². The van der Waals surface area contributed by atoms with E-state index in [0.717, 1.165) is 29.6 Å². The number of aromatic nitrogens is 2. The molecular formula is C23H34N6O. The highest BCUT2D eigenvalue weighted by Gasteiger charge is 2.16. The van der Waals surface area contributed by atoms with Crippen molar-refractivity contribution >= 4 is 11.9 Å². The number of rotatable bonds is 7. The molecule has 162 valence electrons. The fraction of sp³-hybridized carbons (Fsp3) is 0.522. The topological polar surface area (TPSA) is 76.6 Å². The van der Waals surface area contributed by atoms with Crippen LogP contribution in [0.1, 0.15) is 37.9 Å². The van der Waals surface area contributed by atoms with Crippen LogP contribution in [0.25, 0.3) is 11.3 Å². The summed E-state index contributed by atoms with van der Waals surface area (Å²) in [6.45, 7) is 1.62. The first-order chi connectivity index (χ1) is 14.5. The van der Waals surface area contributed by atoms with Gasteiger partial charge in [-0.1, -0.05) is 49.6 Å². The zero-order chi connectivity index (χ0) is 21.3. The Morgan fingerprint density at radius 2 is 1.90 bits per heavy atom. The average Bonchev–Trinajstić information content (AvgIpc) is 3.23. The van der Waals surface area contributed by atoms with Gasteiger partial charge >= 0.3 is 0 Å². The number of carbonyl (C=O) groups excluding carboxylic acids is 1. The van der Waals surface area contributed by atoms with Crippen LogP contribution < -0.4 is 5.32 Å². The van der Waals surface area contributed by atoms with Gasteiger partial charge in [0, 0.05) is 27.7 Å². The van der Waals surface area contributed by atoms with Gasteiger partial charge in [-0.2, -0.15) is 0 Å². The number of aromatic amines is 1. The zero-order valence-electron chi connectivity index (χ0n) is 18.4. The molecule has 1 aromatic heterocycles. The molecule has 1 aliphatic rings. The van der Waals surface area contributed by atoms with Crippen molar-refractivity contribution in [1.29, 1.82) is 0 Å². The van der Waals surface area contributed by atoms with Crippen molar-refractivity contribution in [1.82, 2.24) is 25.1 Å². The fourth-order valence-corrected chi connectivity index (χ4v) is 3.73. The summed E-state index contributed by atoms with van der Waals surface area (Å²) < 4.78 is 0. The van der Waals surface area contributed by atoms with Crippen LogP contribution >= 0.6 is 0 Å². The van der Waals surface area contributed by atoms with Crippen LogP contribution in [0, 0.1) is 5.92 Å². The lowest BCUT2D eigenvalue weighted by atomic mass is 9.89. The van der Waals surface area contributed by atoms with Crippen molar-refractivity contribution in [2.45, 2.75) is 38.6 Å². The Labute approximate surface area is 179 Å². The van der Waals surface area contributed by atoms with Gasteiger partial charge in [-0.05, 0) is 24.3 Å². The first kappa shape index (κ1) is 21.9. The van der Waals surface area contributed by atoms with E-state index in [1.54, 1.807) is 19.0 Å². The number of nitrogens with zero attached hydrogens (tertiary/aromatic N) is 4. The molecule has 0 atom stereocenters. The highest BCUT2D eigenvalue weighted by molar-refractivity contribution is 5.84. The third kappa shape index (κ3) is 6.34. The minimum atomic E-state index is -0.00951. The minimum Gasteiger partial charge on any atom is -0.356 e. The summed E-state index contributed by atoms with van der Waals surface area (Å²) in [4.78, 5) is 28.2. The molecule has 7 nitrogen and oxygen atoms in total. The normalized spacial score (nSPS) is 15.1. The Hall–Kier alpha value is -2.83. The van der Waals surface area contributed by atoms with Crippen molar-refractivity contribution in [3.05, 3.63) is 42.4 Å². The number of H-pyrrole nitrogens is 1. The van der Waals surface area contributed by atoms with Gasteiger partial charge in [0.1, 0.15) is 12.4 Å². The predicted octanol–water partition coefficient (Wildman–Crippen LogP) is 3.12. The second-order valence-corrected chi connectivity index (χ2v) is 8.28. The van der Waals surface area contributed by atoms with Crippen molar-refractivity contribution in [2.75, 3.05) is 34.2 Å². The molecule has 1 aromatic carbocycles. The molecule has 1 aliphatic carbocycles. The van der Waals surface area contributed by atoms with E-state index in [9.17, 15) is 4.79 Å². The third-order valence-electron chi connectivity index (χ3n) is 5.60. The lowest BCUT2D eigenvalue weighted by Crippen LogP contribution is -2.42. The van der Waals surface area contributed by atoms with Crippen LogP contribution in [0.2, 0.25) is 0 Å². The van der Waals surface area contributed by atoms with Gasteiger partial charge in [0.15, 0.2) is 5.96 Å². The summed E-state index contributed by atoms with van der Waals surface area (Å²) in [6, 6.07) is 10.2. The Balaban J connectivity index is 1.65. The largest absolute Gasteiger partial charge is 0.356 e. The van der Waals surface area contributed by atoms with E-state index in [0.29, 0.717) is 12.5 Å². The Kier molecular flexibility index (Phi) is 7.88. The molecule has 1 heterocycles. The molecule has 30 heavy (non-hydrogen) atoms. The van der Waals surface area contributed by atoms with Gasteiger partial charge in [0.2, 0.25) is 5.91 Å². The monoisotopic (exact) mass is 410 g/mol. The number of hydrogen-bond donors (Lipinski definition) is 2. The Morgan fingerprint density at radius 1 is 1.17 bits per heavy atom. The average molecular weight is 411 g/mol. The Morgan fingerprint density at radius 3 is 2.60 bits per heavy atom. The maximum absolute atomic E-state index is 12.0. The van der Waals surface area contributed by atoms with Crippen molar-refractivity contribution in [3.63, 3.8) is 0 Å². The summed E-state index contributed by atoms with van der Waals surface area (Å²) in [6.07, 6.45) is 8.35. The SMILES string of the molecule is CN(C)C(=O)CN=C(NCC1CCCCC1)N(C)Cc1ncc(-c2ccccc2)[nH]1. The summed E-state index contributed by atoms with van der Waals surface area (Å²) in [7, 11) is 5.49. The number of hydrogen-bond acceptors (Lipinski definition) is 3. The zero-order valence-corrected chi connectivity index (χ0v) is 18.4. The third-order valence-corrected chi connectivity index (χ3v) is 5.60. The van der Waals surface area contributed by atoms with Gasteiger partial charge in [0.05, 0.1) is 18.4 Å². The molecule has 1 saturated carbocycles. The van der Waals surface area contributed by atoms with Crippen molar-refractivity contribution in [2.24, 2.45) is 10.9 Å². The van der Waals surface area contributed by atoms with E-state index in [1.807, 2.05) is 36.3 Å². The quantitative estimate of drug-likeness (QED) is 0.543. The molecular weight excluding hydrogens is 376 g/mol. The first-order valence-electron chi connectivity index (χ1n) is 10.8. The highest BCUT2D eigenvalue weighted by atomic mass is 16.2. The molecule has 0 spiro atoms. The number of benzene rings is 1. The number of guanidine groups is 1. The standard InChI is InChI=1S/C23H34N6O/c1-28(2)22(30)16-26-23(25-14-18-10-6-4-7-11-18)29(3)17-21-24-15-20(27-21)19-12-8-5-9-13-19/h5,8-9,12-13,15,18H,4,6-7,10-11,14,16-17H2,1-3H3,(H,24,27)(H,25,26). The second kappa shape index (κ2) is 10.8. The predicted molar refractivity (Wildman–Crippen MR) is 121 cm³/mol. The molecule has 7 heteroatoms. The number of nitrogens with one attached hydrogen (secondary N) is 2. The van der Waals surface area contributed by atoms with E-state index in [1.165, 1.54) is 32.1 Å². The van der Waals surface area contributed by atoms with Gasteiger partial charge in [-0.15, -0.1) is 0 Å². The molecule has 0 unspecified atom stereocenters. The van der Waals surface area contributed by atoms with Crippen molar-refractivity contribution < 1.29 is 4.79 Å². The molecule has 2 N–H and O–H groups in total. The van der Waals surface area contributed by atoms with Gasteiger partial charge in [-0.25, -0.2) is 9.98 Å². The van der Waals surface area contributed by atoms with Crippen LogP contribution in [-0.2, 0) is 11.3 Å². The Bertz CT molecular complexity index is 823. The molecule has 2 aromatic rings. The van der Waals surface area contributed by atoms with E-state index >= 15 is 0 Å².